The van der Waals surface area contributed by atoms with Crippen LogP contribution in [0.1, 0.15) is 37.8 Å². The average Bonchev–Trinajstić information content (AvgIpc) is 2.34. The van der Waals surface area contributed by atoms with Crippen LogP contribution in [0, 0.1) is 0 Å². The lowest BCUT2D eigenvalue weighted by Gasteiger charge is -2.31. The topological polar surface area (TPSA) is 49.5 Å². The Balaban J connectivity index is 2.66. The third-order valence-electron chi connectivity index (χ3n) is 3.33. The Morgan fingerprint density at radius 2 is 2.05 bits per heavy atom. The molecule has 2 unspecified atom stereocenters. The van der Waals surface area contributed by atoms with Crippen molar-refractivity contribution in [1.29, 1.82) is 0 Å². The van der Waals surface area contributed by atoms with Crippen LogP contribution in [-0.2, 0) is 0 Å². The number of halogens is 1. The van der Waals surface area contributed by atoms with Gasteiger partial charge in [0.1, 0.15) is 0 Å². The van der Waals surface area contributed by atoms with Gasteiger partial charge in [-0.2, -0.15) is 0 Å². The smallest absolute Gasteiger partial charge is 0.0494 e. The van der Waals surface area contributed by atoms with E-state index in [0.29, 0.717) is 0 Å². The SMILES string of the molecule is CC(N)C(c1cccc(Cl)c1)N(C)CCCCCO. The molecule has 1 aromatic rings. The minimum absolute atomic E-state index is 0.0429. The van der Waals surface area contributed by atoms with Crippen LogP contribution in [0.25, 0.3) is 0 Å². The Hall–Kier alpha value is -0.610. The van der Waals surface area contributed by atoms with Crippen molar-refractivity contribution in [3.63, 3.8) is 0 Å². The van der Waals surface area contributed by atoms with Gasteiger partial charge in [-0.1, -0.05) is 23.7 Å². The number of unbranched alkanes of at least 4 members (excludes halogenated alkanes) is 2. The first-order chi connectivity index (χ1) is 9.06. The third-order valence-corrected chi connectivity index (χ3v) is 3.57. The maximum absolute atomic E-state index is 8.79. The lowest BCUT2D eigenvalue weighted by Crippen LogP contribution is -2.37. The number of hydrogen-bond acceptors (Lipinski definition) is 3. The van der Waals surface area contributed by atoms with Crippen molar-refractivity contribution < 1.29 is 5.11 Å². The summed E-state index contributed by atoms with van der Waals surface area (Å²) in [7, 11) is 2.09. The standard InChI is InChI=1S/C15H25ClN2O/c1-12(17)15(13-7-6-8-14(16)11-13)18(2)9-4-3-5-10-19/h6-8,11-12,15,19H,3-5,9-10,17H2,1-2H3. The van der Waals surface area contributed by atoms with Gasteiger partial charge >= 0.3 is 0 Å². The molecule has 0 saturated carbocycles. The van der Waals surface area contributed by atoms with Crippen LogP contribution in [0.4, 0.5) is 0 Å². The normalized spacial score (nSPS) is 14.6. The van der Waals surface area contributed by atoms with Crippen LogP contribution in [0.2, 0.25) is 5.02 Å². The van der Waals surface area contributed by atoms with Crippen LogP contribution in [-0.4, -0.2) is 36.2 Å². The summed E-state index contributed by atoms with van der Waals surface area (Å²) in [5, 5.41) is 9.54. The number of aliphatic hydroxyl groups is 1. The fourth-order valence-corrected chi connectivity index (χ4v) is 2.64. The number of benzene rings is 1. The van der Waals surface area contributed by atoms with Gasteiger partial charge in [-0.3, -0.25) is 4.90 Å². The zero-order valence-electron chi connectivity index (χ0n) is 11.8. The lowest BCUT2D eigenvalue weighted by molar-refractivity contribution is 0.210. The van der Waals surface area contributed by atoms with Gasteiger partial charge in [0.05, 0.1) is 0 Å². The third kappa shape index (κ3) is 5.49. The van der Waals surface area contributed by atoms with E-state index in [9.17, 15) is 0 Å². The molecule has 2 atom stereocenters. The fraction of sp³-hybridized carbons (Fsp3) is 0.600. The maximum Gasteiger partial charge on any atom is 0.0494 e. The van der Waals surface area contributed by atoms with E-state index in [0.717, 1.165) is 36.4 Å². The summed E-state index contributed by atoms with van der Waals surface area (Å²) in [6.07, 6.45) is 2.98. The molecule has 3 N–H and O–H groups in total. The predicted molar refractivity (Wildman–Crippen MR) is 81.4 cm³/mol. The molecule has 0 aliphatic heterocycles. The fourth-order valence-electron chi connectivity index (χ4n) is 2.44. The number of aliphatic hydroxyl groups excluding tert-OH is 1. The Labute approximate surface area is 121 Å². The van der Waals surface area contributed by atoms with Crippen molar-refractivity contribution in [3.8, 4) is 0 Å². The summed E-state index contributed by atoms with van der Waals surface area (Å²) in [5.41, 5.74) is 7.28. The molecular formula is C15H25ClN2O. The molecule has 0 aliphatic rings. The molecule has 108 valence electrons. The molecule has 1 rings (SSSR count). The van der Waals surface area contributed by atoms with Crippen molar-refractivity contribution >= 4 is 11.6 Å². The molecule has 0 aromatic heterocycles. The predicted octanol–water partition coefficient (Wildman–Crippen LogP) is 2.82. The Morgan fingerprint density at radius 3 is 2.63 bits per heavy atom. The molecule has 0 spiro atoms. The number of hydrogen-bond donors (Lipinski definition) is 2. The van der Waals surface area contributed by atoms with E-state index in [4.69, 9.17) is 22.4 Å². The zero-order chi connectivity index (χ0) is 14.3. The quantitative estimate of drug-likeness (QED) is 0.722. The summed E-state index contributed by atoms with van der Waals surface area (Å²) >= 11 is 6.06. The number of nitrogens with two attached hydrogens (primary N) is 1. The summed E-state index contributed by atoms with van der Waals surface area (Å²) in [5.74, 6) is 0. The molecule has 1 aromatic carbocycles. The Bertz CT molecular complexity index is 371. The largest absolute Gasteiger partial charge is 0.396 e. The highest BCUT2D eigenvalue weighted by Gasteiger charge is 2.20. The van der Waals surface area contributed by atoms with E-state index >= 15 is 0 Å². The highest BCUT2D eigenvalue weighted by Crippen LogP contribution is 2.25. The van der Waals surface area contributed by atoms with Gasteiger partial charge in [0, 0.05) is 23.7 Å². The second-order valence-electron chi connectivity index (χ2n) is 5.12. The second kappa shape index (κ2) is 8.54. The summed E-state index contributed by atoms with van der Waals surface area (Å²) < 4.78 is 0. The van der Waals surface area contributed by atoms with Gasteiger partial charge in [-0.15, -0.1) is 0 Å². The first-order valence-electron chi connectivity index (χ1n) is 6.88. The van der Waals surface area contributed by atoms with E-state index in [2.05, 4.69) is 18.0 Å². The maximum atomic E-state index is 8.79. The van der Waals surface area contributed by atoms with Crippen LogP contribution < -0.4 is 5.73 Å². The summed E-state index contributed by atoms with van der Waals surface area (Å²) in [6, 6.07) is 8.12. The highest BCUT2D eigenvalue weighted by molar-refractivity contribution is 6.30. The van der Waals surface area contributed by atoms with E-state index < -0.39 is 0 Å². The van der Waals surface area contributed by atoms with Crippen molar-refractivity contribution in [1.82, 2.24) is 4.90 Å². The molecule has 0 heterocycles. The number of rotatable bonds is 8. The summed E-state index contributed by atoms with van der Waals surface area (Å²) in [6.45, 7) is 3.27. The molecule has 4 heteroatoms. The monoisotopic (exact) mass is 284 g/mol. The molecule has 0 fully saturated rings. The number of likely N-dealkylation sites (N-methyl/N-ethyl adjacent to an activating group) is 1. The van der Waals surface area contributed by atoms with Gasteiger partial charge in [0.2, 0.25) is 0 Å². The number of nitrogens with zero attached hydrogens (tertiary/aromatic N) is 1. The van der Waals surface area contributed by atoms with Crippen LogP contribution in [0.15, 0.2) is 24.3 Å². The van der Waals surface area contributed by atoms with Gasteiger partial charge in [-0.25, -0.2) is 0 Å². The molecular weight excluding hydrogens is 260 g/mol. The van der Waals surface area contributed by atoms with Gasteiger partial charge in [0.15, 0.2) is 0 Å². The lowest BCUT2D eigenvalue weighted by atomic mass is 9.99. The molecule has 0 aliphatic carbocycles. The summed E-state index contributed by atoms with van der Waals surface area (Å²) in [4.78, 5) is 2.27. The van der Waals surface area contributed by atoms with Crippen molar-refractivity contribution in [2.24, 2.45) is 5.73 Å². The minimum Gasteiger partial charge on any atom is -0.396 e. The molecule has 0 saturated heterocycles. The first-order valence-corrected chi connectivity index (χ1v) is 7.26. The van der Waals surface area contributed by atoms with Crippen molar-refractivity contribution in [2.45, 2.75) is 38.3 Å². The molecule has 0 bridgehead atoms. The molecule has 19 heavy (non-hydrogen) atoms. The van der Waals surface area contributed by atoms with Gasteiger partial charge in [-0.05, 0) is 57.5 Å². The van der Waals surface area contributed by atoms with E-state index in [1.165, 1.54) is 0 Å². The minimum atomic E-state index is 0.0429. The van der Waals surface area contributed by atoms with E-state index in [1.54, 1.807) is 0 Å². The van der Waals surface area contributed by atoms with Crippen LogP contribution in [0.5, 0.6) is 0 Å². The molecule has 0 radical (unpaired) electrons. The van der Waals surface area contributed by atoms with Crippen molar-refractivity contribution in [2.75, 3.05) is 20.2 Å². The highest BCUT2D eigenvalue weighted by atomic mass is 35.5. The average molecular weight is 285 g/mol. The van der Waals surface area contributed by atoms with Crippen LogP contribution >= 0.6 is 11.6 Å². The van der Waals surface area contributed by atoms with Gasteiger partial charge in [0.25, 0.3) is 0 Å². The first kappa shape index (κ1) is 16.4. The second-order valence-corrected chi connectivity index (χ2v) is 5.56. The van der Waals surface area contributed by atoms with E-state index in [1.807, 2.05) is 25.1 Å². The zero-order valence-corrected chi connectivity index (χ0v) is 12.6. The van der Waals surface area contributed by atoms with Crippen molar-refractivity contribution in [3.05, 3.63) is 34.9 Å². The van der Waals surface area contributed by atoms with E-state index in [-0.39, 0.29) is 18.7 Å². The Kier molecular flexibility index (Phi) is 7.39. The molecule has 0 amide bonds. The molecule has 3 nitrogen and oxygen atoms in total. The van der Waals surface area contributed by atoms with Crippen LogP contribution in [0.3, 0.4) is 0 Å². The Morgan fingerprint density at radius 1 is 1.32 bits per heavy atom. The van der Waals surface area contributed by atoms with Gasteiger partial charge < -0.3 is 10.8 Å².